The first-order chi connectivity index (χ1) is 19.5. The van der Waals surface area contributed by atoms with Crippen molar-refractivity contribution in [3.05, 3.63) is 113 Å². The number of hydrogen-bond donors (Lipinski definition) is 0. The highest BCUT2D eigenvalue weighted by Crippen LogP contribution is 2.44. The molecule has 0 fully saturated rings. The Kier molecular flexibility index (Phi) is 7.10. The van der Waals surface area contributed by atoms with Crippen molar-refractivity contribution in [3.8, 4) is 39.1 Å². The number of fused-ring (bicyclic) bond motifs is 3. The van der Waals surface area contributed by atoms with Crippen LogP contribution in [0.1, 0.15) is 0 Å². The van der Waals surface area contributed by atoms with Crippen LogP contribution in [0.2, 0.25) is 5.02 Å². The van der Waals surface area contributed by atoms with Crippen molar-refractivity contribution >= 4 is 69.2 Å². The summed E-state index contributed by atoms with van der Waals surface area (Å²) in [5.41, 5.74) is -0.441. The Morgan fingerprint density at radius 1 is 0.707 bits per heavy atom. The molecule has 0 aliphatic rings. The van der Waals surface area contributed by atoms with Crippen LogP contribution in [-0.2, 0) is 10.1 Å². The Morgan fingerprint density at radius 3 is 2.10 bits per heavy atom. The van der Waals surface area contributed by atoms with E-state index in [9.17, 15) is 21.6 Å². The Labute approximate surface area is 251 Å². The maximum absolute atomic E-state index is 12.9. The van der Waals surface area contributed by atoms with Gasteiger partial charge in [0.2, 0.25) is 0 Å². The van der Waals surface area contributed by atoms with Gasteiger partial charge in [0.15, 0.2) is 0 Å². The summed E-state index contributed by atoms with van der Waals surface area (Å²) in [4.78, 5) is 0. The highest BCUT2D eigenvalue weighted by atomic mass is 79.9. The smallest absolute Gasteiger partial charge is 0.376 e. The first kappa shape index (κ1) is 27.8. The largest absolute Gasteiger partial charge is 0.534 e. The summed E-state index contributed by atoms with van der Waals surface area (Å²) in [7, 11) is -5.80. The van der Waals surface area contributed by atoms with Gasteiger partial charge in [0.1, 0.15) is 5.75 Å². The summed E-state index contributed by atoms with van der Waals surface area (Å²) in [6, 6.07) is 31.3. The molecule has 0 aliphatic heterocycles. The number of halogens is 5. The van der Waals surface area contributed by atoms with Gasteiger partial charge in [0, 0.05) is 29.7 Å². The number of alkyl halides is 3. The molecule has 0 amide bonds. The molecule has 0 unspecified atom stereocenters. The third-order valence-electron chi connectivity index (χ3n) is 6.52. The maximum Gasteiger partial charge on any atom is 0.534 e. The van der Waals surface area contributed by atoms with Gasteiger partial charge in [-0.15, -0.1) is 11.3 Å². The van der Waals surface area contributed by atoms with Crippen LogP contribution in [0.3, 0.4) is 0 Å². The Balaban J connectivity index is 1.54. The first-order valence-electron chi connectivity index (χ1n) is 12.1. The van der Waals surface area contributed by atoms with Crippen molar-refractivity contribution in [2.75, 3.05) is 0 Å². The molecule has 206 valence electrons. The van der Waals surface area contributed by atoms with Crippen molar-refractivity contribution in [2.45, 2.75) is 5.51 Å². The standard InChI is InChI=1S/C31H17BrClF3O3S2/c32-23-7-1-6-21(12-23)27-15-22(19-5-3-9-25(14-19)39-41(37,38)31(34,35)36)17-29-30(27)26-11-10-20(16-28(26)40-29)18-4-2-8-24(33)13-18/h1-17H. The van der Waals surface area contributed by atoms with Crippen LogP contribution >= 0.6 is 38.9 Å². The minimum atomic E-state index is -5.80. The van der Waals surface area contributed by atoms with Gasteiger partial charge in [-0.25, -0.2) is 0 Å². The molecule has 6 rings (SSSR count). The predicted molar refractivity (Wildman–Crippen MR) is 164 cm³/mol. The summed E-state index contributed by atoms with van der Waals surface area (Å²) < 4.78 is 69.3. The van der Waals surface area contributed by atoms with Crippen molar-refractivity contribution in [1.29, 1.82) is 0 Å². The lowest BCUT2D eigenvalue weighted by Gasteiger charge is -2.12. The SMILES string of the molecule is O=S(=O)(Oc1cccc(-c2cc(-c3cccc(Br)c3)c3c(c2)sc2cc(-c4cccc(Cl)c4)ccc23)c1)C(F)(F)F. The third-order valence-corrected chi connectivity index (χ3v) is 9.33. The van der Waals surface area contributed by atoms with Gasteiger partial charge in [-0.1, -0.05) is 76.1 Å². The summed E-state index contributed by atoms with van der Waals surface area (Å²) in [6.45, 7) is 0. The average Bonchev–Trinajstić information content (AvgIpc) is 3.29. The molecule has 0 aliphatic carbocycles. The van der Waals surface area contributed by atoms with E-state index in [4.69, 9.17) is 11.6 Å². The van der Waals surface area contributed by atoms with E-state index in [2.05, 4.69) is 38.3 Å². The molecule has 0 spiro atoms. The zero-order valence-corrected chi connectivity index (χ0v) is 24.7. The van der Waals surface area contributed by atoms with Crippen LogP contribution in [0.25, 0.3) is 53.6 Å². The molecule has 3 nitrogen and oxygen atoms in total. The van der Waals surface area contributed by atoms with E-state index in [0.717, 1.165) is 46.9 Å². The second-order valence-corrected chi connectivity index (χ2v) is 13.2. The van der Waals surface area contributed by atoms with Crippen LogP contribution in [-0.4, -0.2) is 13.9 Å². The van der Waals surface area contributed by atoms with E-state index in [1.54, 1.807) is 17.4 Å². The lowest BCUT2D eigenvalue weighted by atomic mass is 9.94. The third kappa shape index (κ3) is 5.47. The monoisotopic (exact) mass is 672 g/mol. The molecule has 0 saturated heterocycles. The number of hydrogen-bond acceptors (Lipinski definition) is 4. The van der Waals surface area contributed by atoms with Crippen LogP contribution in [0.5, 0.6) is 5.75 Å². The van der Waals surface area contributed by atoms with E-state index in [0.29, 0.717) is 16.1 Å². The first-order valence-corrected chi connectivity index (χ1v) is 15.5. The lowest BCUT2D eigenvalue weighted by molar-refractivity contribution is -0.0500. The van der Waals surface area contributed by atoms with Crippen LogP contribution in [0.4, 0.5) is 13.2 Å². The zero-order chi connectivity index (χ0) is 28.9. The Hall–Kier alpha value is -3.37. The molecule has 0 bridgehead atoms. The Bertz CT molecular complexity index is 2070. The summed E-state index contributed by atoms with van der Waals surface area (Å²) in [5, 5.41) is 2.75. The minimum absolute atomic E-state index is 0.425. The molecule has 5 aromatic carbocycles. The van der Waals surface area contributed by atoms with Crippen molar-refractivity contribution in [1.82, 2.24) is 0 Å². The van der Waals surface area contributed by atoms with E-state index in [1.807, 2.05) is 60.7 Å². The average molecular weight is 674 g/mol. The molecule has 0 N–H and O–H groups in total. The van der Waals surface area contributed by atoms with Crippen LogP contribution in [0, 0.1) is 0 Å². The van der Waals surface area contributed by atoms with Crippen LogP contribution in [0.15, 0.2) is 108 Å². The lowest BCUT2D eigenvalue weighted by Crippen LogP contribution is -2.28. The second-order valence-electron chi connectivity index (χ2n) is 9.24. The molecule has 1 aromatic heterocycles. The normalized spacial score (nSPS) is 12.2. The van der Waals surface area contributed by atoms with E-state index in [1.165, 1.54) is 18.2 Å². The van der Waals surface area contributed by atoms with Gasteiger partial charge in [-0.2, -0.15) is 21.6 Å². The topological polar surface area (TPSA) is 43.4 Å². The summed E-state index contributed by atoms with van der Waals surface area (Å²) in [5.74, 6) is -0.425. The summed E-state index contributed by atoms with van der Waals surface area (Å²) >= 11 is 11.4. The molecular weight excluding hydrogens is 657 g/mol. The minimum Gasteiger partial charge on any atom is -0.376 e. The maximum atomic E-state index is 12.9. The van der Waals surface area contributed by atoms with Gasteiger partial charge in [-0.3, -0.25) is 0 Å². The van der Waals surface area contributed by atoms with Crippen molar-refractivity contribution < 1.29 is 25.8 Å². The zero-order valence-electron chi connectivity index (χ0n) is 20.7. The molecule has 0 atom stereocenters. The quantitative estimate of drug-likeness (QED) is 0.135. The predicted octanol–water partition coefficient (Wildman–Crippen LogP) is 10.7. The molecule has 6 aromatic rings. The Morgan fingerprint density at radius 2 is 1.37 bits per heavy atom. The highest BCUT2D eigenvalue weighted by molar-refractivity contribution is 9.10. The number of rotatable bonds is 5. The highest BCUT2D eigenvalue weighted by Gasteiger charge is 2.48. The van der Waals surface area contributed by atoms with Gasteiger partial charge in [-0.05, 0) is 88.0 Å². The molecule has 10 heteroatoms. The number of thiophene rings is 1. The van der Waals surface area contributed by atoms with Crippen molar-refractivity contribution in [3.63, 3.8) is 0 Å². The van der Waals surface area contributed by atoms with Gasteiger partial charge >= 0.3 is 15.6 Å². The fraction of sp³-hybridized carbons (Fsp3) is 0.0323. The van der Waals surface area contributed by atoms with Gasteiger partial charge < -0.3 is 4.18 Å². The molecule has 41 heavy (non-hydrogen) atoms. The van der Waals surface area contributed by atoms with Crippen LogP contribution < -0.4 is 4.18 Å². The molecule has 0 saturated carbocycles. The van der Waals surface area contributed by atoms with E-state index in [-0.39, 0.29) is 0 Å². The van der Waals surface area contributed by atoms with E-state index >= 15 is 0 Å². The van der Waals surface area contributed by atoms with Gasteiger partial charge in [0.05, 0.1) is 0 Å². The van der Waals surface area contributed by atoms with E-state index < -0.39 is 21.4 Å². The number of benzene rings is 5. The fourth-order valence-corrected chi connectivity index (χ4v) is 6.96. The fourth-order valence-electron chi connectivity index (χ4n) is 4.70. The summed E-state index contributed by atoms with van der Waals surface area (Å²) in [6.07, 6.45) is 0. The van der Waals surface area contributed by atoms with Gasteiger partial charge in [0.25, 0.3) is 0 Å². The second kappa shape index (κ2) is 10.5. The molecule has 1 heterocycles. The van der Waals surface area contributed by atoms with Crippen molar-refractivity contribution in [2.24, 2.45) is 0 Å². The molecular formula is C31H17BrClF3O3S2. The molecule has 0 radical (unpaired) electrons.